The third kappa shape index (κ3) is 3.94. The average molecular weight is 307 g/mol. The number of hydrogen-bond donors (Lipinski definition) is 2. The van der Waals surface area contributed by atoms with Gasteiger partial charge in [-0.05, 0) is 31.2 Å². The number of methoxy groups -OCH3 is 1. The first kappa shape index (κ1) is 14.8. The maximum Gasteiger partial charge on any atom is 0.232 e. The van der Waals surface area contributed by atoms with E-state index in [-0.39, 0.29) is 0 Å². The van der Waals surface area contributed by atoms with Crippen LogP contribution in [0.5, 0.6) is 5.75 Å². The predicted octanol–water partition coefficient (Wildman–Crippen LogP) is 3.68. The highest BCUT2D eigenvalue weighted by Crippen LogP contribution is 2.20. The molecular formula is C17H17N5O. The van der Waals surface area contributed by atoms with Crippen LogP contribution in [0.3, 0.4) is 0 Å². The molecule has 6 heteroatoms. The Kier molecular flexibility index (Phi) is 4.33. The SMILES string of the molecule is COc1cccc(Nc2nc(C)nc(Nc3ccccc3)n2)c1. The van der Waals surface area contributed by atoms with Crippen LogP contribution in [0, 0.1) is 6.92 Å². The molecule has 0 atom stereocenters. The number of aromatic nitrogens is 3. The van der Waals surface area contributed by atoms with Crippen LogP contribution in [0.4, 0.5) is 23.3 Å². The number of nitrogens with one attached hydrogen (secondary N) is 2. The summed E-state index contributed by atoms with van der Waals surface area (Å²) in [7, 11) is 1.63. The lowest BCUT2D eigenvalue weighted by molar-refractivity contribution is 0.415. The summed E-state index contributed by atoms with van der Waals surface area (Å²) in [4.78, 5) is 13.0. The van der Waals surface area contributed by atoms with Crippen LogP contribution in [-0.4, -0.2) is 22.1 Å². The minimum absolute atomic E-state index is 0.476. The van der Waals surface area contributed by atoms with Gasteiger partial charge in [-0.15, -0.1) is 0 Å². The molecule has 2 N–H and O–H groups in total. The van der Waals surface area contributed by atoms with Gasteiger partial charge >= 0.3 is 0 Å². The number of anilines is 4. The maximum absolute atomic E-state index is 5.21. The van der Waals surface area contributed by atoms with Gasteiger partial charge in [0.25, 0.3) is 0 Å². The molecule has 0 aliphatic rings. The largest absolute Gasteiger partial charge is 0.497 e. The average Bonchev–Trinajstić information content (AvgIpc) is 2.55. The van der Waals surface area contributed by atoms with Crippen molar-refractivity contribution in [3.05, 3.63) is 60.4 Å². The fraction of sp³-hybridized carbons (Fsp3) is 0.118. The van der Waals surface area contributed by atoms with Gasteiger partial charge in [0.1, 0.15) is 11.6 Å². The Balaban J connectivity index is 1.82. The smallest absolute Gasteiger partial charge is 0.232 e. The molecule has 1 heterocycles. The van der Waals surface area contributed by atoms with Crippen LogP contribution >= 0.6 is 0 Å². The highest BCUT2D eigenvalue weighted by Gasteiger charge is 2.05. The monoisotopic (exact) mass is 307 g/mol. The highest BCUT2D eigenvalue weighted by molar-refractivity contribution is 5.58. The fourth-order valence-corrected chi connectivity index (χ4v) is 2.07. The lowest BCUT2D eigenvalue weighted by atomic mass is 10.3. The Morgan fingerprint density at radius 1 is 0.783 bits per heavy atom. The van der Waals surface area contributed by atoms with E-state index in [2.05, 4.69) is 25.6 Å². The van der Waals surface area contributed by atoms with Gasteiger partial charge in [0, 0.05) is 17.4 Å². The lowest BCUT2D eigenvalue weighted by Gasteiger charge is -2.09. The molecule has 0 saturated carbocycles. The van der Waals surface area contributed by atoms with E-state index in [1.165, 1.54) is 0 Å². The Bertz CT molecular complexity index is 792. The second-order valence-corrected chi connectivity index (χ2v) is 4.88. The molecule has 0 aliphatic heterocycles. The van der Waals surface area contributed by atoms with Crippen LogP contribution in [0.15, 0.2) is 54.6 Å². The molecule has 23 heavy (non-hydrogen) atoms. The van der Waals surface area contributed by atoms with Gasteiger partial charge < -0.3 is 15.4 Å². The van der Waals surface area contributed by atoms with E-state index in [9.17, 15) is 0 Å². The van der Waals surface area contributed by atoms with E-state index in [0.717, 1.165) is 17.1 Å². The molecule has 0 amide bonds. The second kappa shape index (κ2) is 6.74. The van der Waals surface area contributed by atoms with Crippen molar-refractivity contribution >= 4 is 23.3 Å². The lowest BCUT2D eigenvalue weighted by Crippen LogP contribution is -2.05. The van der Waals surface area contributed by atoms with Gasteiger partial charge in [0.2, 0.25) is 11.9 Å². The molecule has 0 fully saturated rings. The second-order valence-electron chi connectivity index (χ2n) is 4.88. The number of benzene rings is 2. The van der Waals surface area contributed by atoms with Gasteiger partial charge in [-0.25, -0.2) is 0 Å². The summed E-state index contributed by atoms with van der Waals surface area (Å²) < 4.78 is 5.21. The summed E-state index contributed by atoms with van der Waals surface area (Å²) in [5, 5.41) is 6.33. The standard InChI is InChI=1S/C17H17N5O/c1-12-18-16(20-13-7-4-3-5-8-13)22-17(19-12)21-14-9-6-10-15(11-14)23-2/h3-11H,1-2H3,(H2,18,19,20,21,22). The highest BCUT2D eigenvalue weighted by atomic mass is 16.5. The Labute approximate surface area is 134 Å². The zero-order chi connectivity index (χ0) is 16.1. The summed E-state index contributed by atoms with van der Waals surface area (Å²) in [6.45, 7) is 1.83. The summed E-state index contributed by atoms with van der Waals surface area (Å²) in [6, 6.07) is 17.3. The maximum atomic E-state index is 5.21. The van der Waals surface area contributed by atoms with Crippen molar-refractivity contribution in [2.75, 3.05) is 17.7 Å². The molecule has 3 rings (SSSR count). The minimum Gasteiger partial charge on any atom is -0.497 e. The van der Waals surface area contributed by atoms with E-state index in [1.807, 2.05) is 61.5 Å². The van der Waals surface area contributed by atoms with E-state index in [1.54, 1.807) is 7.11 Å². The van der Waals surface area contributed by atoms with Crippen molar-refractivity contribution in [1.82, 2.24) is 15.0 Å². The third-order valence-electron chi connectivity index (χ3n) is 3.10. The predicted molar refractivity (Wildman–Crippen MR) is 90.6 cm³/mol. The van der Waals surface area contributed by atoms with E-state index in [0.29, 0.717) is 17.7 Å². The fourth-order valence-electron chi connectivity index (χ4n) is 2.07. The van der Waals surface area contributed by atoms with Crippen molar-refractivity contribution in [3.63, 3.8) is 0 Å². The number of rotatable bonds is 5. The molecule has 1 aromatic heterocycles. The molecular weight excluding hydrogens is 290 g/mol. The van der Waals surface area contributed by atoms with E-state index < -0.39 is 0 Å². The number of aryl methyl sites for hydroxylation is 1. The van der Waals surface area contributed by atoms with Crippen molar-refractivity contribution in [2.24, 2.45) is 0 Å². The first-order chi connectivity index (χ1) is 11.2. The van der Waals surface area contributed by atoms with Crippen molar-refractivity contribution in [3.8, 4) is 5.75 Å². The normalized spacial score (nSPS) is 10.2. The number of para-hydroxylation sites is 1. The Hall–Kier alpha value is -3.15. The van der Waals surface area contributed by atoms with Gasteiger partial charge in [-0.2, -0.15) is 15.0 Å². The van der Waals surface area contributed by atoms with Crippen LogP contribution in [0.2, 0.25) is 0 Å². The van der Waals surface area contributed by atoms with E-state index >= 15 is 0 Å². The van der Waals surface area contributed by atoms with Gasteiger partial charge in [0.05, 0.1) is 7.11 Å². The topological polar surface area (TPSA) is 72.0 Å². The minimum atomic E-state index is 0.476. The number of nitrogens with zero attached hydrogens (tertiary/aromatic N) is 3. The summed E-state index contributed by atoms with van der Waals surface area (Å²) in [6.07, 6.45) is 0. The third-order valence-corrected chi connectivity index (χ3v) is 3.10. The quantitative estimate of drug-likeness (QED) is 0.749. The first-order valence-corrected chi connectivity index (χ1v) is 7.19. The van der Waals surface area contributed by atoms with Crippen molar-refractivity contribution in [1.29, 1.82) is 0 Å². The van der Waals surface area contributed by atoms with E-state index in [4.69, 9.17) is 4.74 Å². The molecule has 6 nitrogen and oxygen atoms in total. The summed E-state index contributed by atoms with van der Waals surface area (Å²) >= 11 is 0. The molecule has 0 spiro atoms. The first-order valence-electron chi connectivity index (χ1n) is 7.19. The molecule has 2 aromatic carbocycles. The Morgan fingerprint density at radius 2 is 1.43 bits per heavy atom. The number of hydrogen-bond acceptors (Lipinski definition) is 6. The Morgan fingerprint density at radius 3 is 2.13 bits per heavy atom. The number of ether oxygens (including phenoxy) is 1. The summed E-state index contributed by atoms with van der Waals surface area (Å²) in [5.41, 5.74) is 1.77. The summed E-state index contributed by atoms with van der Waals surface area (Å²) in [5.74, 6) is 2.37. The van der Waals surface area contributed by atoms with Gasteiger partial charge in [-0.1, -0.05) is 24.3 Å². The van der Waals surface area contributed by atoms with Crippen LogP contribution in [0.1, 0.15) is 5.82 Å². The zero-order valence-electron chi connectivity index (χ0n) is 12.9. The molecule has 0 saturated heterocycles. The molecule has 0 aliphatic carbocycles. The molecule has 3 aromatic rings. The molecule has 116 valence electrons. The van der Waals surface area contributed by atoms with Crippen LogP contribution < -0.4 is 15.4 Å². The van der Waals surface area contributed by atoms with Crippen molar-refractivity contribution < 1.29 is 4.74 Å². The van der Waals surface area contributed by atoms with Gasteiger partial charge in [0.15, 0.2) is 0 Å². The zero-order valence-corrected chi connectivity index (χ0v) is 12.9. The van der Waals surface area contributed by atoms with Crippen molar-refractivity contribution in [2.45, 2.75) is 6.92 Å². The molecule has 0 radical (unpaired) electrons. The van der Waals surface area contributed by atoms with Crippen LogP contribution in [-0.2, 0) is 0 Å². The molecule has 0 unspecified atom stereocenters. The van der Waals surface area contributed by atoms with Gasteiger partial charge in [-0.3, -0.25) is 0 Å². The van der Waals surface area contributed by atoms with Crippen LogP contribution in [0.25, 0.3) is 0 Å². The molecule has 0 bridgehead atoms.